The largest absolute Gasteiger partial charge is 0.507 e. The Balaban J connectivity index is 1.60. The zero-order valence-corrected chi connectivity index (χ0v) is 17.0. The molecule has 2 aromatic heterocycles. The third kappa shape index (κ3) is 3.48. The van der Waals surface area contributed by atoms with Crippen LogP contribution in [0.15, 0.2) is 91.1 Å². The number of nitrogens with one attached hydrogen (secondary N) is 1. The molecule has 0 aliphatic rings. The van der Waals surface area contributed by atoms with Crippen molar-refractivity contribution in [1.29, 1.82) is 0 Å². The molecule has 6 heteroatoms. The summed E-state index contributed by atoms with van der Waals surface area (Å²) in [7, 11) is 0. The zero-order chi connectivity index (χ0) is 22.1. The van der Waals surface area contributed by atoms with E-state index in [0.717, 1.165) is 11.0 Å². The summed E-state index contributed by atoms with van der Waals surface area (Å²) in [6.07, 6.45) is 1.72. The molecule has 0 fully saturated rings. The molecule has 1 amide bonds. The average molecular weight is 421 g/mol. The van der Waals surface area contributed by atoms with Crippen LogP contribution < -0.4 is 5.32 Å². The second-order valence-corrected chi connectivity index (χ2v) is 7.44. The van der Waals surface area contributed by atoms with Crippen LogP contribution in [0.3, 0.4) is 0 Å². The second-order valence-electron chi connectivity index (χ2n) is 7.44. The van der Waals surface area contributed by atoms with Crippen LogP contribution in [-0.2, 0) is 6.54 Å². The number of hydrogen-bond donors (Lipinski definition) is 2. The number of aromatic hydroxyl groups is 1. The van der Waals surface area contributed by atoms with E-state index < -0.39 is 0 Å². The summed E-state index contributed by atoms with van der Waals surface area (Å²) in [5.74, 6) is -0.595. The fourth-order valence-electron chi connectivity index (χ4n) is 3.77. The molecule has 156 valence electrons. The Morgan fingerprint density at radius 1 is 0.875 bits per heavy atom. The van der Waals surface area contributed by atoms with Gasteiger partial charge in [-0.3, -0.25) is 14.0 Å². The smallest absolute Gasteiger partial charge is 0.251 e. The molecule has 5 rings (SSSR count). The predicted octanol–water partition coefficient (Wildman–Crippen LogP) is 4.35. The van der Waals surface area contributed by atoms with Gasteiger partial charge in [0.1, 0.15) is 11.4 Å². The minimum absolute atomic E-state index is 0.0768. The number of amides is 1. The second kappa shape index (κ2) is 8.00. The van der Waals surface area contributed by atoms with Crippen molar-refractivity contribution in [2.45, 2.75) is 6.54 Å². The monoisotopic (exact) mass is 421 g/mol. The zero-order valence-electron chi connectivity index (χ0n) is 17.0. The topological polar surface area (TPSA) is 83.7 Å². The molecule has 6 nitrogen and oxygen atoms in total. The van der Waals surface area contributed by atoms with Gasteiger partial charge in [0.25, 0.3) is 5.91 Å². The Kier molecular flexibility index (Phi) is 4.88. The molecule has 5 aromatic rings. The summed E-state index contributed by atoms with van der Waals surface area (Å²) >= 11 is 0. The number of carbonyl (C=O) groups is 2. The Labute approximate surface area is 183 Å². The molecule has 0 radical (unpaired) electrons. The van der Waals surface area contributed by atoms with Crippen LogP contribution in [0.1, 0.15) is 31.8 Å². The van der Waals surface area contributed by atoms with Crippen LogP contribution in [0, 0.1) is 0 Å². The fraction of sp³-hybridized carbons (Fsp3) is 0.0385. The maximum Gasteiger partial charge on any atom is 0.251 e. The van der Waals surface area contributed by atoms with Crippen molar-refractivity contribution >= 4 is 28.4 Å². The summed E-state index contributed by atoms with van der Waals surface area (Å²) in [5.41, 5.74) is 4.17. The molecule has 0 aliphatic heterocycles. The average Bonchev–Trinajstić information content (AvgIpc) is 3.21. The number of para-hydroxylation sites is 3. The van der Waals surface area contributed by atoms with Crippen molar-refractivity contribution < 1.29 is 14.7 Å². The number of pyridine rings is 1. The SMILES string of the molecule is O=C(NCc1cc(C(=O)c2ccccc2O)cn2c1nc1ccccc12)c1ccccc1. The molecule has 2 heterocycles. The van der Waals surface area contributed by atoms with Crippen molar-refractivity contribution in [2.75, 3.05) is 0 Å². The number of phenols is 1. The summed E-state index contributed by atoms with van der Waals surface area (Å²) in [6, 6.07) is 24.8. The molecule has 0 aliphatic carbocycles. The Hall–Kier alpha value is -4.45. The first kappa shape index (κ1) is 19.5. The van der Waals surface area contributed by atoms with E-state index in [1.807, 2.05) is 34.7 Å². The first-order valence-electron chi connectivity index (χ1n) is 10.2. The van der Waals surface area contributed by atoms with Crippen LogP contribution in [0.2, 0.25) is 0 Å². The summed E-state index contributed by atoms with van der Waals surface area (Å²) in [5, 5.41) is 13.1. The molecule has 3 aromatic carbocycles. The quantitative estimate of drug-likeness (QED) is 0.413. The molecule has 0 saturated carbocycles. The van der Waals surface area contributed by atoms with Gasteiger partial charge in [-0.25, -0.2) is 4.98 Å². The fourth-order valence-corrected chi connectivity index (χ4v) is 3.77. The lowest BCUT2D eigenvalue weighted by molar-refractivity contribution is 0.0950. The Morgan fingerprint density at radius 3 is 2.41 bits per heavy atom. The maximum atomic E-state index is 13.2. The molecule has 0 saturated heterocycles. The lowest BCUT2D eigenvalue weighted by Crippen LogP contribution is -2.23. The highest BCUT2D eigenvalue weighted by atomic mass is 16.3. The normalized spacial score (nSPS) is 11.0. The van der Waals surface area contributed by atoms with E-state index in [0.29, 0.717) is 22.3 Å². The van der Waals surface area contributed by atoms with Crippen molar-refractivity contribution in [3.8, 4) is 5.75 Å². The number of aromatic nitrogens is 2. The molecule has 0 bridgehead atoms. The van der Waals surface area contributed by atoms with Crippen molar-refractivity contribution in [1.82, 2.24) is 14.7 Å². The van der Waals surface area contributed by atoms with Crippen LogP contribution in [-0.4, -0.2) is 26.2 Å². The van der Waals surface area contributed by atoms with Crippen LogP contribution in [0.4, 0.5) is 0 Å². The Bertz CT molecular complexity index is 1470. The van der Waals surface area contributed by atoms with E-state index >= 15 is 0 Å². The van der Waals surface area contributed by atoms with Crippen LogP contribution >= 0.6 is 0 Å². The van der Waals surface area contributed by atoms with Gasteiger partial charge in [0.05, 0.1) is 16.6 Å². The van der Waals surface area contributed by atoms with Gasteiger partial charge >= 0.3 is 0 Å². The lowest BCUT2D eigenvalue weighted by Gasteiger charge is -2.10. The van der Waals surface area contributed by atoms with Gasteiger partial charge in [-0.2, -0.15) is 0 Å². The minimum Gasteiger partial charge on any atom is -0.507 e. The molecular formula is C26H19N3O3. The van der Waals surface area contributed by atoms with Crippen molar-refractivity contribution in [2.24, 2.45) is 0 Å². The summed E-state index contributed by atoms with van der Waals surface area (Å²) < 4.78 is 1.85. The van der Waals surface area contributed by atoms with E-state index in [9.17, 15) is 14.7 Å². The highest BCUT2D eigenvalue weighted by Crippen LogP contribution is 2.25. The number of benzene rings is 3. The number of rotatable bonds is 5. The van der Waals surface area contributed by atoms with E-state index in [2.05, 4.69) is 5.32 Å². The Morgan fingerprint density at radius 2 is 1.59 bits per heavy atom. The van der Waals surface area contributed by atoms with E-state index in [1.54, 1.807) is 54.7 Å². The number of imidazole rings is 1. The number of nitrogens with zero attached hydrogens (tertiary/aromatic N) is 2. The number of hydrogen-bond acceptors (Lipinski definition) is 4. The first-order chi connectivity index (χ1) is 15.6. The molecule has 0 spiro atoms. The summed E-state index contributed by atoms with van der Waals surface area (Å²) in [6.45, 7) is 0.197. The third-order valence-corrected chi connectivity index (χ3v) is 5.37. The number of ketones is 1. The number of fused-ring (bicyclic) bond motifs is 3. The van der Waals surface area contributed by atoms with Gasteiger partial charge in [0, 0.05) is 29.4 Å². The van der Waals surface area contributed by atoms with E-state index in [1.165, 1.54) is 6.07 Å². The molecule has 32 heavy (non-hydrogen) atoms. The standard InChI is InChI=1S/C26H19N3O3/c30-23-13-7-4-10-20(23)24(31)19-14-18(15-27-26(32)17-8-2-1-3-9-17)25-28-21-11-5-6-12-22(21)29(25)16-19/h1-14,16,30H,15H2,(H,27,32). The molecule has 0 unspecified atom stereocenters. The molecule has 2 N–H and O–H groups in total. The lowest BCUT2D eigenvalue weighted by atomic mass is 10.0. The van der Waals surface area contributed by atoms with Crippen molar-refractivity contribution in [3.05, 3.63) is 113 Å². The highest BCUT2D eigenvalue weighted by molar-refractivity contribution is 6.11. The number of phenolic OH excluding ortho intramolecular Hbond substituents is 1. The molecule has 0 atom stereocenters. The van der Waals surface area contributed by atoms with Gasteiger partial charge in [-0.05, 0) is 42.5 Å². The van der Waals surface area contributed by atoms with Gasteiger partial charge in [-0.1, -0.05) is 42.5 Å². The maximum absolute atomic E-state index is 13.2. The minimum atomic E-state index is -0.307. The first-order valence-corrected chi connectivity index (χ1v) is 10.2. The highest BCUT2D eigenvalue weighted by Gasteiger charge is 2.18. The van der Waals surface area contributed by atoms with Gasteiger partial charge in [-0.15, -0.1) is 0 Å². The van der Waals surface area contributed by atoms with Crippen molar-refractivity contribution in [3.63, 3.8) is 0 Å². The van der Waals surface area contributed by atoms with Gasteiger partial charge < -0.3 is 10.4 Å². The van der Waals surface area contributed by atoms with Crippen LogP contribution in [0.25, 0.3) is 16.7 Å². The van der Waals surface area contributed by atoms with Gasteiger partial charge in [0.15, 0.2) is 5.78 Å². The van der Waals surface area contributed by atoms with E-state index in [-0.39, 0.29) is 29.5 Å². The van der Waals surface area contributed by atoms with E-state index in [4.69, 9.17) is 4.98 Å². The summed E-state index contributed by atoms with van der Waals surface area (Å²) in [4.78, 5) is 30.5. The van der Waals surface area contributed by atoms with Crippen LogP contribution in [0.5, 0.6) is 5.75 Å². The third-order valence-electron chi connectivity index (χ3n) is 5.37. The predicted molar refractivity (Wildman–Crippen MR) is 122 cm³/mol. The number of carbonyl (C=O) groups excluding carboxylic acids is 2. The molecular weight excluding hydrogens is 402 g/mol. The van der Waals surface area contributed by atoms with Gasteiger partial charge in [0.2, 0.25) is 0 Å².